The molecule has 0 radical (unpaired) electrons. The number of rotatable bonds is 8. The first kappa shape index (κ1) is 24.7. The van der Waals surface area contributed by atoms with Gasteiger partial charge in [0, 0.05) is 30.3 Å². The monoisotopic (exact) mass is 509 g/mol. The molecule has 0 amide bonds. The molecule has 1 aromatic heterocycles. The van der Waals surface area contributed by atoms with Crippen molar-refractivity contribution in [2.45, 2.75) is 32.2 Å². The molecule has 0 N–H and O–H groups in total. The molecule has 0 bridgehead atoms. The summed E-state index contributed by atoms with van der Waals surface area (Å²) in [5, 5.41) is 2.65. The summed E-state index contributed by atoms with van der Waals surface area (Å²) in [6, 6.07) is 11.9. The minimum absolute atomic E-state index is 0.0798. The van der Waals surface area contributed by atoms with E-state index in [1.165, 1.54) is 0 Å². The van der Waals surface area contributed by atoms with Crippen LogP contribution in [-0.2, 0) is 11.2 Å². The van der Waals surface area contributed by atoms with E-state index in [9.17, 15) is 0 Å². The van der Waals surface area contributed by atoms with Gasteiger partial charge in [0.05, 0.1) is 5.02 Å². The Labute approximate surface area is 215 Å². The molecule has 1 aliphatic heterocycles. The minimum Gasteiger partial charge on any atom is -0.468 e. The predicted molar refractivity (Wildman–Crippen MR) is 140 cm³/mol. The molecule has 1 aliphatic rings. The smallest absolute Gasteiger partial charge is 0.317 e. The van der Waals surface area contributed by atoms with Crippen LogP contribution in [0.2, 0.25) is 5.02 Å². The molecule has 4 aromatic rings. The van der Waals surface area contributed by atoms with Gasteiger partial charge in [-0.05, 0) is 73.0 Å². The molecule has 3 aromatic carbocycles. The van der Waals surface area contributed by atoms with E-state index in [0.29, 0.717) is 29.3 Å². The zero-order chi connectivity index (χ0) is 25.2. The Morgan fingerprint density at radius 2 is 2.03 bits per heavy atom. The predicted octanol–water partition coefficient (Wildman–Crippen LogP) is 6.26. The summed E-state index contributed by atoms with van der Waals surface area (Å²) < 4.78 is 32.9. The van der Waals surface area contributed by atoms with E-state index < -0.39 is 5.82 Å². The van der Waals surface area contributed by atoms with E-state index >= 15 is 4.39 Å². The van der Waals surface area contributed by atoms with Crippen molar-refractivity contribution >= 4 is 33.3 Å². The summed E-state index contributed by atoms with van der Waals surface area (Å²) in [5.41, 5.74) is 2.18. The fourth-order valence-corrected chi connectivity index (χ4v) is 5.25. The van der Waals surface area contributed by atoms with Crippen molar-refractivity contribution in [3.05, 3.63) is 59.0 Å². The Morgan fingerprint density at radius 3 is 2.78 bits per heavy atom. The van der Waals surface area contributed by atoms with E-state index in [1.807, 2.05) is 30.3 Å². The highest BCUT2D eigenvalue weighted by Crippen LogP contribution is 2.42. The van der Waals surface area contributed by atoms with Crippen LogP contribution in [0.15, 0.2) is 42.6 Å². The van der Waals surface area contributed by atoms with Gasteiger partial charge in [0.2, 0.25) is 0 Å². The summed E-state index contributed by atoms with van der Waals surface area (Å²) in [7, 11) is 3.64. The number of halogens is 2. The molecule has 5 rings (SSSR count). The lowest BCUT2D eigenvalue weighted by molar-refractivity contribution is 0.0512. The molecule has 0 unspecified atom stereocenters. The van der Waals surface area contributed by atoms with Crippen LogP contribution in [0.5, 0.6) is 11.8 Å². The number of aromatic nitrogens is 2. The number of nitrogens with zero attached hydrogens (tertiary/aromatic N) is 3. The van der Waals surface area contributed by atoms with Crippen LogP contribution in [0.1, 0.15) is 25.3 Å². The van der Waals surface area contributed by atoms with E-state index in [0.717, 1.165) is 42.1 Å². The average Bonchev–Trinajstić information content (AvgIpc) is 3.30. The number of aryl methyl sites for hydroxylation is 1. The topological polar surface area (TPSA) is 56.7 Å². The number of hydrogen-bond donors (Lipinski definition) is 0. The number of benzene rings is 3. The molecule has 8 heteroatoms. The molecule has 0 saturated carbocycles. The second-order valence-corrected chi connectivity index (χ2v) is 9.52. The molecule has 0 aliphatic carbocycles. The molecule has 0 spiro atoms. The first-order valence-corrected chi connectivity index (χ1v) is 12.5. The Balaban J connectivity index is 1.63. The molecule has 1 atom stereocenters. The summed E-state index contributed by atoms with van der Waals surface area (Å²) in [6.45, 7) is 3.67. The number of ether oxygens (including phenoxy) is 3. The van der Waals surface area contributed by atoms with Gasteiger partial charge >= 0.3 is 6.01 Å². The molecule has 6 nitrogen and oxygen atoms in total. The highest BCUT2D eigenvalue weighted by molar-refractivity contribution is 6.34. The van der Waals surface area contributed by atoms with E-state index in [-0.39, 0.29) is 28.9 Å². The van der Waals surface area contributed by atoms with Gasteiger partial charge in [0.25, 0.3) is 0 Å². The molecule has 36 heavy (non-hydrogen) atoms. The van der Waals surface area contributed by atoms with Gasteiger partial charge < -0.3 is 19.1 Å². The van der Waals surface area contributed by atoms with Gasteiger partial charge in [0.15, 0.2) is 12.6 Å². The van der Waals surface area contributed by atoms with Crippen molar-refractivity contribution in [1.82, 2.24) is 14.9 Å². The molecule has 1 fully saturated rings. The van der Waals surface area contributed by atoms with Crippen molar-refractivity contribution < 1.29 is 18.6 Å². The van der Waals surface area contributed by atoms with Gasteiger partial charge in [-0.2, -0.15) is 4.98 Å². The third kappa shape index (κ3) is 4.71. The Kier molecular flexibility index (Phi) is 7.23. The number of methoxy groups -OCH3 is 1. The van der Waals surface area contributed by atoms with Gasteiger partial charge in [-0.25, -0.2) is 9.37 Å². The Morgan fingerprint density at radius 1 is 1.17 bits per heavy atom. The minimum atomic E-state index is -0.515. The summed E-state index contributed by atoms with van der Waals surface area (Å²) in [4.78, 5) is 11.0. The van der Waals surface area contributed by atoms with Crippen molar-refractivity contribution in [2.24, 2.45) is 0 Å². The quantitative estimate of drug-likeness (QED) is 0.261. The van der Waals surface area contributed by atoms with Gasteiger partial charge in [0.1, 0.15) is 17.9 Å². The van der Waals surface area contributed by atoms with Crippen molar-refractivity contribution in [2.75, 3.05) is 34.1 Å². The maximum absolute atomic E-state index is 16.2. The van der Waals surface area contributed by atoms with Crippen LogP contribution in [0.4, 0.5) is 4.39 Å². The number of likely N-dealkylation sites (N-methyl/N-ethyl adjacent to an activating group) is 1. The van der Waals surface area contributed by atoms with Gasteiger partial charge in [-0.15, -0.1) is 0 Å². The largest absolute Gasteiger partial charge is 0.468 e. The zero-order valence-electron chi connectivity index (χ0n) is 20.7. The van der Waals surface area contributed by atoms with Crippen molar-refractivity contribution in [3.63, 3.8) is 0 Å². The number of fused-ring (bicyclic) bond motifs is 2. The first-order chi connectivity index (χ1) is 17.5. The molecule has 1 saturated heterocycles. The van der Waals surface area contributed by atoms with Gasteiger partial charge in [-0.1, -0.05) is 36.7 Å². The lowest BCUT2D eigenvalue weighted by Crippen LogP contribution is -2.30. The lowest BCUT2D eigenvalue weighted by atomic mass is 9.92. The Hall–Kier alpha value is -3.00. The molecular weight excluding hydrogens is 481 g/mol. The fourth-order valence-electron chi connectivity index (χ4n) is 4.95. The summed E-state index contributed by atoms with van der Waals surface area (Å²) in [5.74, 6) is 0.0504. The van der Waals surface area contributed by atoms with Gasteiger partial charge in [-0.3, -0.25) is 0 Å². The second kappa shape index (κ2) is 10.5. The van der Waals surface area contributed by atoms with E-state index in [4.69, 9.17) is 25.8 Å². The first-order valence-electron chi connectivity index (χ1n) is 12.2. The Bertz CT molecular complexity index is 1410. The maximum Gasteiger partial charge on any atom is 0.317 e. The lowest BCUT2D eigenvalue weighted by Gasteiger charge is -2.19. The van der Waals surface area contributed by atoms with E-state index in [1.54, 1.807) is 19.4 Å². The van der Waals surface area contributed by atoms with Crippen LogP contribution in [0.25, 0.3) is 32.8 Å². The SMILES string of the molecule is CCc1cccc2cc(OCOC)cc(-c3c(Cl)cc4cnc(OC[C@@H]5CCCN5C)nc4c3F)c12. The van der Waals surface area contributed by atoms with Crippen molar-refractivity contribution in [1.29, 1.82) is 0 Å². The van der Waals surface area contributed by atoms with Crippen molar-refractivity contribution in [3.8, 4) is 22.9 Å². The van der Waals surface area contributed by atoms with E-state index in [2.05, 4.69) is 28.8 Å². The van der Waals surface area contributed by atoms with Crippen LogP contribution in [0.3, 0.4) is 0 Å². The highest BCUT2D eigenvalue weighted by atomic mass is 35.5. The number of hydrogen-bond acceptors (Lipinski definition) is 6. The summed E-state index contributed by atoms with van der Waals surface area (Å²) in [6.07, 6.45) is 4.54. The summed E-state index contributed by atoms with van der Waals surface area (Å²) >= 11 is 6.70. The fraction of sp³-hybridized carbons (Fsp3) is 0.357. The molecule has 188 valence electrons. The average molecular weight is 510 g/mol. The van der Waals surface area contributed by atoms with Crippen LogP contribution in [0, 0.1) is 5.82 Å². The van der Waals surface area contributed by atoms with Crippen LogP contribution >= 0.6 is 11.6 Å². The third-order valence-corrected chi connectivity index (χ3v) is 7.15. The second-order valence-electron chi connectivity index (χ2n) is 9.12. The third-order valence-electron chi connectivity index (χ3n) is 6.85. The normalized spacial score (nSPS) is 16.2. The molecule has 2 heterocycles. The zero-order valence-corrected chi connectivity index (χ0v) is 21.4. The standard InChI is InChI=1S/C28H29ClFN3O3/c1-4-17-7-5-8-18-11-21(36-16-34-3)13-22(24(17)18)25-23(29)12-19-14-31-28(32-27(19)26(25)30)35-15-20-9-6-10-33(20)2/h5,7-8,11-14,20H,4,6,9-10,15-16H2,1-3H3/t20-/m0/s1. The maximum atomic E-state index is 16.2. The van der Waals surface area contributed by atoms with Crippen LogP contribution < -0.4 is 9.47 Å². The highest BCUT2D eigenvalue weighted by Gasteiger charge is 2.23. The molecular formula is C28H29ClFN3O3. The number of likely N-dealkylation sites (tertiary alicyclic amines) is 1. The van der Waals surface area contributed by atoms with Crippen LogP contribution in [-0.4, -0.2) is 55.0 Å².